The molecule has 1 fully saturated rings. The van der Waals surface area contributed by atoms with E-state index in [1.165, 1.54) is 6.42 Å². The Morgan fingerprint density at radius 3 is 2.18 bits per heavy atom. The standard InChI is InChI=1S/C12H21NO4/c13-10(12(16)17)7-9(11(14)15)6-8-4-2-1-3-5-8/h8-10H,1-7,13H2,(H,14,15)(H,16,17)/t9-,10-/m0/s1. The quantitative estimate of drug-likeness (QED) is 0.655. The minimum absolute atomic E-state index is 0.0289. The number of carboxylic acids is 2. The first-order valence-corrected chi connectivity index (χ1v) is 6.22. The van der Waals surface area contributed by atoms with Gasteiger partial charge in [0.25, 0.3) is 0 Å². The van der Waals surface area contributed by atoms with Crippen LogP contribution in [0.2, 0.25) is 0 Å². The van der Waals surface area contributed by atoms with Crippen molar-refractivity contribution in [1.29, 1.82) is 0 Å². The van der Waals surface area contributed by atoms with Gasteiger partial charge >= 0.3 is 11.9 Å². The van der Waals surface area contributed by atoms with Gasteiger partial charge < -0.3 is 15.9 Å². The Bertz CT molecular complexity index is 274. The van der Waals surface area contributed by atoms with Gasteiger partial charge in [0.05, 0.1) is 5.92 Å². The van der Waals surface area contributed by atoms with Crippen LogP contribution in [0.1, 0.15) is 44.9 Å². The molecule has 98 valence electrons. The van der Waals surface area contributed by atoms with Gasteiger partial charge in [0.15, 0.2) is 0 Å². The zero-order chi connectivity index (χ0) is 12.8. The summed E-state index contributed by atoms with van der Waals surface area (Å²) in [5.41, 5.74) is 5.40. The van der Waals surface area contributed by atoms with E-state index in [-0.39, 0.29) is 6.42 Å². The lowest BCUT2D eigenvalue weighted by molar-refractivity contribution is -0.144. The number of hydrogen-bond donors (Lipinski definition) is 3. The summed E-state index contributed by atoms with van der Waals surface area (Å²) in [6.45, 7) is 0. The van der Waals surface area contributed by atoms with Crippen LogP contribution in [0.3, 0.4) is 0 Å². The molecule has 0 aromatic carbocycles. The van der Waals surface area contributed by atoms with Crippen molar-refractivity contribution < 1.29 is 19.8 Å². The summed E-state index contributed by atoms with van der Waals surface area (Å²) in [5.74, 6) is -2.25. The summed E-state index contributed by atoms with van der Waals surface area (Å²) in [4.78, 5) is 21.7. The molecule has 5 heteroatoms. The fourth-order valence-electron chi connectivity index (χ4n) is 2.53. The smallest absolute Gasteiger partial charge is 0.320 e. The minimum atomic E-state index is -1.13. The average Bonchev–Trinajstić information content (AvgIpc) is 2.29. The molecular formula is C12H21NO4. The number of rotatable bonds is 6. The van der Waals surface area contributed by atoms with Crippen LogP contribution in [0.5, 0.6) is 0 Å². The molecule has 0 heterocycles. The van der Waals surface area contributed by atoms with Crippen LogP contribution >= 0.6 is 0 Å². The Balaban J connectivity index is 2.47. The van der Waals surface area contributed by atoms with E-state index in [4.69, 9.17) is 15.9 Å². The highest BCUT2D eigenvalue weighted by Crippen LogP contribution is 2.30. The summed E-state index contributed by atoms with van der Waals surface area (Å²) >= 11 is 0. The van der Waals surface area contributed by atoms with E-state index in [0.29, 0.717) is 12.3 Å². The lowest BCUT2D eigenvalue weighted by Crippen LogP contribution is -2.35. The summed E-state index contributed by atoms with van der Waals surface area (Å²) in [6, 6.07) is -1.07. The van der Waals surface area contributed by atoms with E-state index >= 15 is 0 Å². The highest BCUT2D eigenvalue weighted by Gasteiger charge is 2.27. The lowest BCUT2D eigenvalue weighted by atomic mass is 9.81. The maximum atomic E-state index is 11.1. The molecule has 0 spiro atoms. The van der Waals surface area contributed by atoms with Gasteiger partial charge in [-0.3, -0.25) is 9.59 Å². The van der Waals surface area contributed by atoms with Crippen LogP contribution in [0.4, 0.5) is 0 Å². The average molecular weight is 243 g/mol. The zero-order valence-electron chi connectivity index (χ0n) is 9.97. The predicted octanol–water partition coefficient (Wildman–Crippen LogP) is 1.46. The van der Waals surface area contributed by atoms with Crippen LogP contribution in [0, 0.1) is 11.8 Å². The normalized spacial score (nSPS) is 20.8. The SMILES string of the molecule is N[C@@H](C[C@H](CC1CCCCC1)C(=O)O)C(=O)O. The highest BCUT2D eigenvalue weighted by molar-refractivity contribution is 5.75. The second-order valence-electron chi connectivity index (χ2n) is 4.96. The van der Waals surface area contributed by atoms with Crippen molar-refractivity contribution >= 4 is 11.9 Å². The lowest BCUT2D eigenvalue weighted by Gasteiger charge is -2.25. The molecule has 1 saturated carbocycles. The van der Waals surface area contributed by atoms with Crippen LogP contribution in [-0.2, 0) is 9.59 Å². The Kier molecular flexibility index (Phi) is 5.41. The van der Waals surface area contributed by atoms with Crippen LogP contribution < -0.4 is 5.73 Å². The predicted molar refractivity (Wildman–Crippen MR) is 62.5 cm³/mol. The van der Waals surface area contributed by atoms with Gasteiger partial charge in [-0.1, -0.05) is 32.1 Å². The molecule has 1 rings (SSSR count). The number of aliphatic carboxylic acids is 2. The zero-order valence-corrected chi connectivity index (χ0v) is 9.97. The number of carbonyl (C=O) groups is 2. The molecule has 2 atom stereocenters. The number of carboxylic acid groups (broad SMARTS) is 2. The topological polar surface area (TPSA) is 101 Å². The fourth-order valence-corrected chi connectivity index (χ4v) is 2.53. The van der Waals surface area contributed by atoms with Gasteiger partial charge in [0.1, 0.15) is 6.04 Å². The van der Waals surface area contributed by atoms with E-state index in [0.717, 1.165) is 25.7 Å². The first-order chi connectivity index (χ1) is 8.00. The molecule has 0 radical (unpaired) electrons. The van der Waals surface area contributed by atoms with Gasteiger partial charge in [-0.15, -0.1) is 0 Å². The number of nitrogens with two attached hydrogens (primary N) is 1. The van der Waals surface area contributed by atoms with Gasteiger partial charge in [-0.2, -0.15) is 0 Å². The molecule has 0 aromatic heterocycles. The summed E-state index contributed by atoms with van der Waals surface area (Å²) < 4.78 is 0. The number of hydrogen-bond acceptors (Lipinski definition) is 3. The largest absolute Gasteiger partial charge is 0.481 e. The molecule has 4 N–H and O–H groups in total. The van der Waals surface area contributed by atoms with Crippen molar-refractivity contribution in [3.8, 4) is 0 Å². The molecule has 0 bridgehead atoms. The molecule has 0 aliphatic heterocycles. The van der Waals surface area contributed by atoms with Crippen molar-refractivity contribution in [2.75, 3.05) is 0 Å². The van der Waals surface area contributed by atoms with Gasteiger partial charge in [-0.05, 0) is 18.8 Å². The van der Waals surface area contributed by atoms with Crippen molar-refractivity contribution in [3.63, 3.8) is 0 Å². The van der Waals surface area contributed by atoms with Crippen LogP contribution in [-0.4, -0.2) is 28.2 Å². The Morgan fingerprint density at radius 1 is 1.12 bits per heavy atom. The maximum absolute atomic E-state index is 11.1. The van der Waals surface area contributed by atoms with E-state index in [9.17, 15) is 9.59 Å². The highest BCUT2D eigenvalue weighted by atomic mass is 16.4. The van der Waals surface area contributed by atoms with Crippen molar-refractivity contribution in [3.05, 3.63) is 0 Å². The molecular weight excluding hydrogens is 222 g/mol. The second kappa shape index (κ2) is 6.59. The minimum Gasteiger partial charge on any atom is -0.481 e. The van der Waals surface area contributed by atoms with E-state index < -0.39 is 23.9 Å². The molecule has 1 aliphatic carbocycles. The summed E-state index contributed by atoms with van der Waals surface area (Å²) in [6.07, 6.45) is 6.25. The van der Waals surface area contributed by atoms with Crippen LogP contribution in [0.25, 0.3) is 0 Å². The Hall–Kier alpha value is -1.10. The molecule has 0 aromatic rings. The van der Waals surface area contributed by atoms with E-state index in [1.807, 2.05) is 0 Å². The molecule has 1 aliphatic rings. The molecule has 0 amide bonds. The molecule has 5 nitrogen and oxygen atoms in total. The molecule has 0 saturated heterocycles. The summed E-state index contributed by atoms with van der Waals surface area (Å²) in [7, 11) is 0. The van der Waals surface area contributed by atoms with Crippen molar-refractivity contribution in [1.82, 2.24) is 0 Å². The van der Waals surface area contributed by atoms with Gasteiger partial charge in [-0.25, -0.2) is 0 Å². The fraction of sp³-hybridized carbons (Fsp3) is 0.833. The molecule has 17 heavy (non-hydrogen) atoms. The second-order valence-corrected chi connectivity index (χ2v) is 4.96. The maximum Gasteiger partial charge on any atom is 0.320 e. The van der Waals surface area contributed by atoms with Gasteiger partial charge in [0.2, 0.25) is 0 Å². The van der Waals surface area contributed by atoms with Crippen LogP contribution in [0.15, 0.2) is 0 Å². The first kappa shape index (κ1) is 14.0. The third-order valence-corrected chi connectivity index (χ3v) is 3.55. The van der Waals surface area contributed by atoms with E-state index in [2.05, 4.69) is 0 Å². The monoisotopic (exact) mass is 243 g/mol. The third-order valence-electron chi connectivity index (χ3n) is 3.55. The van der Waals surface area contributed by atoms with Crippen molar-refractivity contribution in [2.45, 2.75) is 51.0 Å². The Morgan fingerprint density at radius 2 is 1.71 bits per heavy atom. The van der Waals surface area contributed by atoms with E-state index in [1.54, 1.807) is 0 Å². The Labute approximate surface area is 101 Å². The molecule has 0 unspecified atom stereocenters. The third kappa shape index (κ3) is 4.73. The summed E-state index contributed by atoms with van der Waals surface area (Å²) in [5, 5.41) is 17.8. The van der Waals surface area contributed by atoms with Gasteiger partial charge in [0, 0.05) is 0 Å². The van der Waals surface area contributed by atoms with Crippen molar-refractivity contribution in [2.24, 2.45) is 17.6 Å². The first-order valence-electron chi connectivity index (χ1n) is 6.22.